The summed E-state index contributed by atoms with van der Waals surface area (Å²) in [5.41, 5.74) is 0.666. The lowest BCUT2D eigenvalue weighted by molar-refractivity contribution is 0.0984. The normalized spacial score (nSPS) is 10.3. The Morgan fingerprint density at radius 1 is 1.00 bits per heavy atom. The molecular formula is C17H14N2OS. The summed E-state index contributed by atoms with van der Waals surface area (Å²) in [6.45, 7) is 0.530. The number of aromatic nitrogens is 1. The Morgan fingerprint density at radius 2 is 1.81 bits per heavy atom. The SMILES string of the molecule is O=C(c1ccccc1)N(Cc1cccs1)c1ccccn1. The topological polar surface area (TPSA) is 33.2 Å². The van der Waals surface area contributed by atoms with Gasteiger partial charge in [0.1, 0.15) is 5.82 Å². The summed E-state index contributed by atoms with van der Waals surface area (Å²) < 4.78 is 0. The number of hydrogen-bond acceptors (Lipinski definition) is 3. The number of pyridine rings is 1. The molecule has 0 saturated carbocycles. The van der Waals surface area contributed by atoms with Crippen LogP contribution in [0.4, 0.5) is 5.82 Å². The first-order valence-corrected chi connectivity index (χ1v) is 7.53. The van der Waals surface area contributed by atoms with Crippen LogP contribution in [0, 0.1) is 0 Å². The first-order chi connectivity index (χ1) is 10.3. The van der Waals surface area contributed by atoms with Crippen LogP contribution >= 0.6 is 11.3 Å². The van der Waals surface area contributed by atoms with Crippen molar-refractivity contribution in [2.45, 2.75) is 6.54 Å². The van der Waals surface area contributed by atoms with E-state index >= 15 is 0 Å². The van der Waals surface area contributed by atoms with Crippen molar-refractivity contribution >= 4 is 23.1 Å². The summed E-state index contributed by atoms with van der Waals surface area (Å²) in [5.74, 6) is 0.627. The third-order valence-electron chi connectivity index (χ3n) is 3.09. The molecule has 0 unspecified atom stereocenters. The summed E-state index contributed by atoms with van der Waals surface area (Å²) >= 11 is 1.64. The second-order valence-electron chi connectivity index (χ2n) is 4.52. The number of carbonyl (C=O) groups is 1. The van der Waals surface area contributed by atoms with Crippen molar-refractivity contribution in [2.24, 2.45) is 0 Å². The molecule has 104 valence electrons. The number of hydrogen-bond donors (Lipinski definition) is 0. The lowest BCUT2D eigenvalue weighted by Crippen LogP contribution is -2.30. The molecule has 3 nitrogen and oxygen atoms in total. The van der Waals surface area contributed by atoms with Gasteiger partial charge in [-0.3, -0.25) is 9.69 Å². The number of benzene rings is 1. The van der Waals surface area contributed by atoms with E-state index in [1.807, 2.05) is 66.0 Å². The molecule has 0 radical (unpaired) electrons. The predicted octanol–water partition coefficient (Wildman–Crippen LogP) is 3.99. The van der Waals surface area contributed by atoms with E-state index in [1.54, 1.807) is 22.4 Å². The van der Waals surface area contributed by atoms with Gasteiger partial charge >= 0.3 is 0 Å². The van der Waals surface area contributed by atoms with Crippen LogP contribution < -0.4 is 4.90 Å². The van der Waals surface area contributed by atoms with Crippen molar-refractivity contribution in [3.8, 4) is 0 Å². The van der Waals surface area contributed by atoms with Crippen molar-refractivity contribution < 1.29 is 4.79 Å². The monoisotopic (exact) mass is 294 g/mol. The van der Waals surface area contributed by atoms with Gasteiger partial charge in [0.05, 0.1) is 6.54 Å². The molecule has 0 saturated heterocycles. The fourth-order valence-corrected chi connectivity index (χ4v) is 2.76. The second kappa shape index (κ2) is 6.33. The Kier molecular flexibility index (Phi) is 4.07. The summed E-state index contributed by atoms with van der Waals surface area (Å²) in [5, 5.41) is 2.01. The smallest absolute Gasteiger partial charge is 0.259 e. The molecule has 3 aromatic rings. The van der Waals surface area contributed by atoms with Gasteiger partial charge in [-0.15, -0.1) is 11.3 Å². The molecule has 0 N–H and O–H groups in total. The third kappa shape index (κ3) is 3.17. The van der Waals surface area contributed by atoms with Gasteiger partial charge in [0.2, 0.25) is 0 Å². The molecule has 0 spiro atoms. The van der Waals surface area contributed by atoms with E-state index in [1.165, 1.54) is 0 Å². The highest BCUT2D eigenvalue weighted by atomic mass is 32.1. The zero-order chi connectivity index (χ0) is 14.5. The Bertz CT molecular complexity index is 696. The Labute approximate surface area is 127 Å². The molecule has 21 heavy (non-hydrogen) atoms. The van der Waals surface area contributed by atoms with E-state index in [2.05, 4.69) is 4.98 Å². The highest BCUT2D eigenvalue weighted by Crippen LogP contribution is 2.20. The van der Waals surface area contributed by atoms with Crippen LogP contribution in [0.3, 0.4) is 0 Å². The average molecular weight is 294 g/mol. The molecule has 0 aliphatic heterocycles. The molecular weight excluding hydrogens is 280 g/mol. The molecule has 0 fully saturated rings. The van der Waals surface area contributed by atoms with Crippen molar-refractivity contribution in [1.29, 1.82) is 0 Å². The zero-order valence-corrected chi connectivity index (χ0v) is 12.2. The Balaban J connectivity index is 1.94. The van der Waals surface area contributed by atoms with E-state index in [9.17, 15) is 4.79 Å². The average Bonchev–Trinajstić information content (AvgIpc) is 3.07. The summed E-state index contributed by atoms with van der Waals surface area (Å²) in [6.07, 6.45) is 1.70. The fourth-order valence-electron chi connectivity index (χ4n) is 2.07. The molecule has 2 aromatic heterocycles. The molecule has 0 atom stereocenters. The number of nitrogens with zero attached hydrogens (tertiary/aromatic N) is 2. The van der Waals surface area contributed by atoms with E-state index in [-0.39, 0.29) is 5.91 Å². The molecule has 1 aromatic carbocycles. The van der Waals surface area contributed by atoms with E-state index in [4.69, 9.17) is 0 Å². The van der Waals surface area contributed by atoms with Crippen LogP contribution in [0.2, 0.25) is 0 Å². The standard InChI is InChI=1S/C17H14N2OS/c20-17(14-7-2-1-3-8-14)19(13-15-9-6-12-21-15)16-10-4-5-11-18-16/h1-12H,13H2. The van der Waals surface area contributed by atoms with Gasteiger partial charge in [-0.1, -0.05) is 30.3 Å². The maximum Gasteiger partial charge on any atom is 0.259 e. The van der Waals surface area contributed by atoms with Gasteiger partial charge in [0.15, 0.2) is 0 Å². The quantitative estimate of drug-likeness (QED) is 0.729. The molecule has 0 aliphatic carbocycles. The van der Waals surface area contributed by atoms with Crippen LogP contribution in [0.25, 0.3) is 0 Å². The largest absolute Gasteiger partial charge is 0.287 e. The van der Waals surface area contributed by atoms with Gasteiger partial charge in [0, 0.05) is 16.6 Å². The Morgan fingerprint density at radius 3 is 2.48 bits per heavy atom. The van der Waals surface area contributed by atoms with E-state index in [0.29, 0.717) is 17.9 Å². The number of rotatable bonds is 4. The minimum atomic E-state index is -0.0392. The lowest BCUT2D eigenvalue weighted by Gasteiger charge is -2.21. The van der Waals surface area contributed by atoms with Crippen LogP contribution in [0.15, 0.2) is 72.2 Å². The van der Waals surface area contributed by atoms with Crippen molar-refractivity contribution in [1.82, 2.24) is 4.98 Å². The fraction of sp³-hybridized carbons (Fsp3) is 0.0588. The van der Waals surface area contributed by atoms with Crippen molar-refractivity contribution in [2.75, 3.05) is 4.90 Å². The highest BCUT2D eigenvalue weighted by Gasteiger charge is 2.19. The van der Waals surface area contributed by atoms with Gasteiger partial charge < -0.3 is 0 Å². The zero-order valence-electron chi connectivity index (χ0n) is 11.3. The Hall–Kier alpha value is -2.46. The van der Waals surface area contributed by atoms with Crippen molar-refractivity contribution in [3.63, 3.8) is 0 Å². The predicted molar refractivity (Wildman–Crippen MR) is 85.5 cm³/mol. The lowest BCUT2D eigenvalue weighted by atomic mass is 10.2. The van der Waals surface area contributed by atoms with Crippen LogP contribution in [0.1, 0.15) is 15.2 Å². The van der Waals surface area contributed by atoms with Gasteiger partial charge in [-0.2, -0.15) is 0 Å². The van der Waals surface area contributed by atoms with Gasteiger partial charge in [-0.05, 0) is 35.7 Å². The maximum atomic E-state index is 12.8. The number of carbonyl (C=O) groups excluding carboxylic acids is 1. The summed E-state index contributed by atoms with van der Waals surface area (Å²) in [4.78, 5) is 19.9. The van der Waals surface area contributed by atoms with Crippen LogP contribution in [-0.4, -0.2) is 10.9 Å². The molecule has 1 amide bonds. The first kappa shape index (κ1) is 13.5. The molecule has 3 rings (SSSR count). The number of thiophene rings is 1. The number of anilines is 1. The summed E-state index contributed by atoms with van der Waals surface area (Å²) in [6, 6.07) is 18.9. The first-order valence-electron chi connectivity index (χ1n) is 6.65. The van der Waals surface area contributed by atoms with Crippen LogP contribution in [-0.2, 0) is 6.54 Å². The number of amides is 1. The molecule has 4 heteroatoms. The van der Waals surface area contributed by atoms with Gasteiger partial charge in [-0.25, -0.2) is 4.98 Å². The summed E-state index contributed by atoms with van der Waals surface area (Å²) in [7, 11) is 0. The molecule has 0 aliphatic rings. The van der Waals surface area contributed by atoms with E-state index < -0.39 is 0 Å². The second-order valence-corrected chi connectivity index (χ2v) is 5.56. The maximum absolute atomic E-state index is 12.8. The highest BCUT2D eigenvalue weighted by molar-refractivity contribution is 7.09. The van der Waals surface area contributed by atoms with Gasteiger partial charge in [0.25, 0.3) is 5.91 Å². The van der Waals surface area contributed by atoms with Crippen molar-refractivity contribution in [3.05, 3.63) is 82.7 Å². The van der Waals surface area contributed by atoms with E-state index in [0.717, 1.165) is 4.88 Å². The third-order valence-corrected chi connectivity index (χ3v) is 3.95. The molecule has 2 heterocycles. The van der Waals surface area contributed by atoms with Crippen LogP contribution in [0.5, 0.6) is 0 Å². The molecule has 0 bridgehead atoms. The minimum Gasteiger partial charge on any atom is -0.287 e. The minimum absolute atomic E-state index is 0.0392.